The fraction of sp³-hybridized carbons (Fsp3) is 0.417. The van der Waals surface area contributed by atoms with Crippen molar-refractivity contribution >= 4 is 23.2 Å². The van der Waals surface area contributed by atoms with Crippen molar-refractivity contribution < 1.29 is 14.1 Å². The Morgan fingerprint density at radius 2 is 2.11 bits per heavy atom. The molecule has 1 N–H and O–H groups in total. The maximum atomic E-state index is 13.2. The normalized spacial score (nSPS) is 11.2. The van der Waals surface area contributed by atoms with Crippen molar-refractivity contribution in [2.75, 3.05) is 5.88 Å². The van der Waals surface area contributed by atoms with Crippen molar-refractivity contribution in [3.05, 3.63) is 39.7 Å². The molecule has 5 nitrogen and oxygen atoms in total. The number of benzene rings is 1. The summed E-state index contributed by atoms with van der Waals surface area (Å²) in [6.45, 7) is 3.53. The molecule has 0 spiro atoms. The first kappa shape index (κ1) is 15.4. The summed E-state index contributed by atoms with van der Waals surface area (Å²) in [6, 6.07) is 2.76. The Balaban J connectivity index is 2.97. The largest absolute Gasteiger partial charge is 0.347 e. The average Bonchev–Trinajstić information content (AvgIpc) is 2.27. The molecule has 0 atom stereocenters. The third kappa shape index (κ3) is 4.48. The van der Waals surface area contributed by atoms with Gasteiger partial charge in [0.1, 0.15) is 5.82 Å². The van der Waals surface area contributed by atoms with Gasteiger partial charge in [-0.2, -0.15) is 0 Å². The first-order valence-electron chi connectivity index (χ1n) is 5.58. The van der Waals surface area contributed by atoms with Gasteiger partial charge in [-0.3, -0.25) is 14.9 Å². The van der Waals surface area contributed by atoms with Crippen molar-refractivity contribution in [1.29, 1.82) is 0 Å². The molecule has 1 aromatic carbocycles. The molecule has 0 radical (unpaired) electrons. The number of alkyl halides is 1. The lowest BCUT2D eigenvalue weighted by atomic mass is 10.0. The van der Waals surface area contributed by atoms with Crippen LogP contribution < -0.4 is 5.32 Å². The van der Waals surface area contributed by atoms with Gasteiger partial charge in [0.25, 0.3) is 11.6 Å². The van der Waals surface area contributed by atoms with Crippen LogP contribution in [0.2, 0.25) is 0 Å². The summed E-state index contributed by atoms with van der Waals surface area (Å²) in [5, 5.41) is 13.3. The Labute approximate surface area is 114 Å². The van der Waals surface area contributed by atoms with Crippen LogP contribution in [0.5, 0.6) is 0 Å². The van der Waals surface area contributed by atoms with Crippen LogP contribution in [0.3, 0.4) is 0 Å². The van der Waals surface area contributed by atoms with Crippen molar-refractivity contribution in [3.8, 4) is 0 Å². The molecule has 0 unspecified atom stereocenters. The van der Waals surface area contributed by atoms with E-state index in [2.05, 4.69) is 5.32 Å². The third-order valence-corrected chi connectivity index (χ3v) is 2.72. The summed E-state index contributed by atoms with van der Waals surface area (Å²) in [5.41, 5.74) is -1.12. The second-order valence-corrected chi connectivity index (χ2v) is 5.11. The molecule has 104 valence electrons. The number of rotatable bonds is 5. The number of nitrogens with one attached hydrogen (secondary N) is 1. The van der Waals surface area contributed by atoms with E-state index in [1.54, 1.807) is 13.8 Å². The number of carbonyl (C=O) groups is 1. The molecule has 0 aromatic heterocycles. The van der Waals surface area contributed by atoms with Gasteiger partial charge in [-0.15, -0.1) is 11.6 Å². The van der Waals surface area contributed by atoms with Crippen LogP contribution in [0.4, 0.5) is 10.1 Å². The van der Waals surface area contributed by atoms with Gasteiger partial charge in [0.05, 0.1) is 11.0 Å². The van der Waals surface area contributed by atoms with E-state index in [4.69, 9.17) is 11.6 Å². The van der Waals surface area contributed by atoms with Crippen LogP contribution >= 0.6 is 11.6 Å². The highest BCUT2D eigenvalue weighted by Crippen LogP contribution is 2.18. The number of carbonyl (C=O) groups excluding carboxylic acids is 1. The maximum absolute atomic E-state index is 13.2. The Hall–Kier alpha value is -1.69. The number of nitro groups is 1. The fourth-order valence-corrected chi connectivity index (χ4v) is 1.96. The molecule has 19 heavy (non-hydrogen) atoms. The summed E-state index contributed by atoms with van der Waals surface area (Å²) in [4.78, 5) is 21.8. The number of hydrogen-bond donors (Lipinski definition) is 1. The number of nitro benzene ring substituents is 1. The Bertz CT molecular complexity index is 506. The number of nitrogens with zero attached hydrogens (tertiary/aromatic N) is 1. The van der Waals surface area contributed by atoms with Gasteiger partial charge in [0, 0.05) is 23.0 Å². The zero-order valence-corrected chi connectivity index (χ0v) is 11.3. The smallest absolute Gasteiger partial charge is 0.273 e. The van der Waals surface area contributed by atoms with E-state index in [1.807, 2.05) is 0 Å². The lowest BCUT2D eigenvalue weighted by Gasteiger charge is -2.25. The van der Waals surface area contributed by atoms with Gasteiger partial charge in [-0.25, -0.2) is 4.39 Å². The zero-order chi connectivity index (χ0) is 14.6. The molecule has 1 aromatic rings. The highest BCUT2D eigenvalue weighted by molar-refractivity contribution is 6.17. The molecule has 0 aliphatic rings. The number of non-ortho nitro benzene ring substituents is 1. The first-order chi connectivity index (χ1) is 8.75. The minimum absolute atomic E-state index is 0.0886. The highest BCUT2D eigenvalue weighted by Gasteiger charge is 2.22. The van der Waals surface area contributed by atoms with E-state index in [1.165, 1.54) is 0 Å². The molecular weight excluding hydrogens is 275 g/mol. The summed E-state index contributed by atoms with van der Waals surface area (Å²) in [7, 11) is 0. The predicted molar refractivity (Wildman–Crippen MR) is 69.9 cm³/mol. The minimum Gasteiger partial charge on any atom is -0.347 e. The average molecular weight is 289 g/mol. The van der Waals surface area contributed by atoms with Crippen LogP contribution in [-0.4, -0.2) is 22.2 Å². The number of amides is 1. The van der Waals surface area contributed by atoms with E-state index in [0.29, 0.717) is 12.3 Å². The lowest BCUT2D eigenvalue weighted by molar-refractivity contribution is -0.385. The Morgan fingerprint density at radius 1 is 1.47 bits per heavy atom. The molecule has 0 aliphatic carbocycles. The SMILES string of the molecule is CC(C)(CCCl)NC(=O)c1cc(F)cc([N+](=O)[O-])c1. The zero-order valence-electron chi connectivity index (χ0n) is 10.6. The number of hydrogen-bond acceptors (Lipinski definition) is 3. The molecule has 0 heterocycles. The summed E-state index contributed by atoms with van der Waals surface area (Å²) in [6.07, 6.45) is 0.526. The standard InChI is InChI=1S/C12H14ClFN2O3/c1-12(2,3-4-13)15-11(17)8-5-9(14)7-10(6-8)16(18)19/h5-7H,3-4H2,1-2H3,(H,15,17). The quantitative estimate of drug-likeness (QED) is 0.514. The van der Waals surface area contributed by atoms with Crippen LogP contribution in [0.15, 0.2) is 18.2 Å². The summed E-state index contributed by atoms with van der Waals surface area (Å²) >= 11 is 5.61. The van der Waals surface area contributed by atoms with Gasteiger partial charge in [0.15, 0.2) is 0 Å². The van der Waals surface area contributed by atoms with Gasteiger partial charge < -0.3 is 5.32 Å². The molecule has 0 saturated heterocycles. The van der Waals surface area contributed by atoms with E-state index >= 15 is 0 Å². The second-order valence-electron chi connectivity index (χ2n) is 4.73. The molecule has 7 heteroatoms. The summed E-state index contributed by atoms with van der Waals surface area (Å²) < 4.78 is 13.2. The van der Waals surface area contributed by atoms with Gasteiger partial charge in [-0.05, 0) is 26.3 Å². The van der Waals surface area contributed by atoms with E-state index in [0.717, 1.165) is 18.2 Å². The highest BCUT2D eigenvalue weighted by atomic mass is 35.5. The molecule has 0 aliphatic heterocycles. The van der Waals surface area contributed by atoms with E-state index in [9.17, 15) is 19.3 Å². The summed E-state index contributed by atoms with van der Waals surface area (Å²) in [5.74, 6) is -1.04. The van der Waals surface area contributed by atoms with Crippen molar-refractivity contribution in [3.63, 3.8) is 0 Å². The van der Waals surface area contributed by atoms with Crippen LogP contribution in [-0.2, 0) is 0 Å². The monoisotopic (exact) mass is 288 g/mol. The molecule has 0 fully saturated rings. The van der Waals surface area contributed by atoms with Gasteiger partial charge in [-0.1, -0.05) is 0 Å². The molecule has 1 rings (SSSR count). The fourth-order valence-electron chi connectivity index (χ4n) is 1.49. The molecule has 1 amide bonds. The van der Waals surface area contributed by atoms with Crippen molar-refractivity contribution in [2.45, 2.75) is 25.8 Å². The molecule has 0 saturated carbocycles. The van der Waals surface area contributed by atoms with Crippen LogP contribution in [0.25, 0.3) is 0 Å². The molecule has 0 bridgehead atoms. The Kier molecular flexibility index (Phi) is 4.83. The maximum Gasteiger partial charge on any atom is 0.273 e. The predicted octanol–water partition coefficient (Wildman–Crippen LogP) is 2.87. The molecular formula is C12H14ClFN2O3. The third-order valence-electron chi connectivity index (χ3n) is 2.53. The topological polar surface area (TPSA) is 72.2 Å². The van der Waals surface area contributed by atoms with Crippen molar-refractivity contribution in [2.24, 2.45) is 0 Å². The van der Waals surface area contributed by atoms with Gasteiger partial charge >= 0.3 is 0 Å². The van der Waals surface area contributed by atoms with Crippen LogP contribution in [0, 0.1) is 15.9 Å². The van der Waals surface area contributed by atoms with Gasteiger partial charge in [0.2, 0.25) is 0 Å². The van der Waals surface area contributed by atoms with Crippen LogP contribution in [0.1, 0.15) is 30.6 Å². The van der Waals surface area contributed by atoms with Crippen molar-refractivity contribution in [1.82, 2.24) is 5.32 Å². The second kappa shape index (κ2) is 5.97. The Morgan fingerprint density at radius 3 is 2.63 bits per heavy atom. The van der Waals surface area contributed by atoms with E-state index < -0.39 is 27.9 Å². The lowest BCUT2D eigenvalue weighted by Crippen LogP contribution is -2.43. The van der Waals surface area contributed by atoms with E-state index in [-0.39, 0.29) is 5.56 Å². The minimum atomic E-state index is -0.825. The first-order valence-corrected chi connectivity index (χ1v) is 6.12. The number of halogens is 2.